The molecule has 21 heavy (non-hydrogen) atoms. The molecule has 3 nitrogen and oxygen atoms in total. The van der Waals surface area contributed by atoms with Crippen molar-refractivity contribution in [1.82, 2.24) is 5.32 Å². The van der Waals surface area contributed by atoms with Crippen molar-refractivity contribution in [2.24, 2.45) is 11.8 Å². The van der Waals surface area contributed by atoms with Crippen molar-refractivity contribution in [2.45, 2.75) is 39.2 Å². The molecule has 0 radical (unpaired) electrons. The molecule has 0 spiro atoms. The zero-order valence-electron chi connectivity index (χ0n) is 13.6. The van der Waals surface area contributed by atoms with Gasteiger partial charge in [-0.15, -0.1) is 0 Å². The van der Waals surface area contributed by atoms with E-state index in [1.54, 1.807) is 7.11 Å². The van der Waals surface area contributed by atoms with Gasteiger partial charge in [0.1, 0.15) is 5.75 Å². The Labute approximate surface area is 129 Å². The third-order valence-electron chi connectivity index (χ3n) is 4.44. The van der Waals surface area contributed by atoms with Crippen LogP contribution in [0.15, 0.2) is 24.3 Å². The lowest BCUT2D eigenvalue weighted by Gasteiger charge is -2.36. The number of hydrogen-bond donors (Lipinski definition) is 1. The Balaban J connectivity index is 2.03. The molecule has 3 atom stereocenters. The molecule has 1 aromatic carbocycles. The third-order valence-corrected chi connectivity index (χ3v) is 4.44. The van der Waals surface area contributed by atoms with E-state index in [0.717, 1.165) is 44.8 Å². The molecule has 0 saturated carbocycles. The maximum Gasteiger partial charge on any atom is 0.122 e. The van der Waals surface area contributed by atoms with E-state index < -0.39 is 0 Å². The van der Waals surface area contributed by atoms with Crippen LogP contribution in [0.4, 0.5) is 0 Å². The van der Waals surface area contributed by atoms with Crippen LogP contribution in [-0.2, 0) is 11.2 Å². The number of hydrogen-bond acceptors (Lipinski definition) is 3. The largest absolute Gasteiger partial charge is 0.493 e. The molecular weight excluding hydrogens is 262 g/mol. The second-order valence-electron chi connectivity index (χ2n) is 6.12. The molecule has 1 aromatic rings. The summed E-state index contributed by atoms with van der Waals surface area (Å²) in [5, 5.41) is 3.74. The third kappa shape index (κ3) is 4.45. The standard InChI is InChI=1S/C18H29NO2/c1-4-10-19-18(14(2)9-11-20-3)16-12-15-7-5-6-8-17(15)21-13-16/h5-8,14,16,18-19H,4,9-13H2,1-3H3. The Morgan fingerprint density at radius 2 is 2.19 bits per heavy atom. The van der Waals surface area contributed by atoms with Crippen LogP contribution in [0, 0.1) is 11.8 Å². The van der Waals surface area contributed by atoms with E-state index >= 15 is 0 Å². The van der Waals surface area contributed by atoms with Gasteiger partial charge in [-0.25, -0.2) is 0 Å². The van der Waals surface area contributed by atoms with Crippen molar-refractivity contribution < 1.29 is 9.47 Å². The number of ether oxygens (including phenoxy) is 2. The summed E-state index contributed by atoms with van der Waals surface area (Å²) in [6.45, 7) is 7.26. The molecule has 0 aromatic heterocycles. The van der Waals surface area contributed by atoms with Gasteiger partial charge in [0.05, 0.1) is 6.61 Å². The summed E-state index contributed by atoms with van der Waals surface area (Å²) in [7, 11) is 1.78. The SMILES string of the molecule is CCCNC(C(C)CCOC)C1COc2ccccc2C1. The highest BCUT2D eigenvalue weighted by atomic mass is 16.5. The summed E-state index contributed by atoms with van der Waals surface area (Å²) in [5.41, 5.74) is 1.34. The molecule has 0 bridgehead atoms. The Morgan fingerprint density at radius 1 is 1.38 bits per heavy atom. The fourth-order valence-corrected chi connectivity index (χ4v) is 3.21. The summed E-state index contributed by atoms with van der Waals surface area (Å²) in [4.78, 5) is 0. The Hall–Kier alpha value is -1.06. The first-order valence-corrected chi connectivity index (χ1v) is 8.19. The van der Waals surface area contributed by atoms with Crippen LogP contribution < -0.4 is 10.1 Å². The van der Waals surface area contributed by atoms with Crippen LogP contribution in [0.3, 0.4) is 0 Å². The topological polar surface area (TPSA) is 30.5 Å². The van der Waals surface area contributed by atoms with E-state index in [2.05, 4.69) is 37.4 Å². The number of benzene rings is 1. The van der Waals surface area contributed by atoms with E-state index in [9.17, 15) is 0 Å². The van der Waals surface area contributed by atoms with Crippen molar-refractivity contribution in [2.75, 3.05) is 26.9 Å². The highest BCUT2D eigenvalue weighted by molar-refractivity contribution is 5.35. The summed E-state index contributed by atoms with van der Waals surface area (Å²) in [6.07, 6.45) is 3.36. The second-order valence-corrected chi connectivity index (χ2v) is 6.12. The maximum absolute atomic E-state index is 5.98. The number of nitrogens with one attached hydrogen (secondary N) is 1. The van der Waals surface area contributed by atoms with E-state index in [4.69, 9.17) is 9.47 Å². The Morgan fingerprint density at radius 3 is 2.95 bits per heavy atom. The van der Waals surface area contributed by atoms with Crippen LogP contribution >= 0.6 is 0 Å². The maximum atomic E-state index is 5.98. The minimum atomic E-state index is 0.494. The summed E-state index contributed by atoms with van der Waals surface area (Å²) < 4.78 is 11.2. The molecular formula is C18H29NO2. The molecule has 3 unspecified atom stereocenters. The first kappa shape index (κ1) is 16.3. The molecule has 1 N–H and O–H groups in total. The Bertz CT molecular complexity index is 421. The van der Waals surface area contributed by atoms with Gasteiger partial charge in [-0.3, -0.25) is 0 Å². The first-order valence-electron chi connectivity index (χ1n) is 8.19. The second kappa shape index (κ2) is 8.40. The first-order chi connectivity index (χ1) is 10.3. The minimum Gasteiger partial charge on any atom is -0.493 e. The van der Waals surface area contributed by atoms with E-state index in [1.807, 2.05) is 6.07 Å². The van der Waals surface area contributed by atoms with Crippen molar-refractivity contribution >= 4 is 0 Å². The van der Waals surface area contributed by atoms with Crippen LogP contribution in [0.5, 0.6) is 5.75 Å². The van der Waals surface area contributed by atoms with Crippen molar-refractivity contribution in [1.29, 1.82) is 0 Å². The lowest BCUT2D eigenvalue weighted by Crippen LogP contribution is -2.46. The zero-order valence-corrected chi connectivity index (χ0v) is 13.6. The van der Waals surface area contributed by atoms with Gasteiger partial charge in [0.25, 0.3) is 0 Å². The predicted octanol–water partition coefficient (Wildman–Crippen LogP) is 3.28. The molecule has 118 valence electrons. The summed E-state index contributed by atoms with van der Waals surface area (Å²) >= 11 is 0. The number of para-hydroxylation sites is 1. The van der Waals surface area contributed by atoms with Gasteiger partial charge in [0, 0.05) is 25.7 Å². The van der Waals surface area contributed by atoms with Gasteiger partial charge >= 0.3 is 0 Å². The number of rotatable bonds is 8. The quantitative estimate of drug-likeness (QED) is 0.797. The fraction of sp³-hybridized carbons (Fsp3) is 0.667. The van der Waals surface area contributed by atoms with E-state index in [-0.39, 0.29) is 0 Å². The number of fused-ring (bicyclic) bond motifs is 1. The smallest absolute Gasteiger partial charge is 0.122 e. The molecule has 1 heterocycles. The molecule has 0 aliphatic carbocycles. The van der Waals surface area contributed by atoms with Crippen molar-refractivity contribution in [3.63, 3.8) is 0 Å². The molecule has 1 aliphatic heterocycles. The highest BCUT2D eigenvalue weighted by Gasteiger charge is 2.30. The lowest BCUT2D eigenvalue weighted by atomic mass is 9.82. The molecule has 2 rings (SSSR count). The van der Waals surface area contributed by atoms with Crippen molar-refractivity contribution in [3.8, 4) is 5.75 Å². The van der Waals surface area contributed by atoms with Crippen LogP contribution in [-0.4, -0.2) is 32.9 Å². The highest BCUT2D eigenvalue weighted by Crippen LogP contribution is 2.30. The minimum absolute atomic E-state index is 0.494. The molecule has 0 saturated heterocycles. The summed E-state index contributed by atoms with van der Waals surface area (Å²) in [6, 6.07) is 8.92. The zero-order chi connectivity index (χ0) is 15.1. The van der Waals surface area contributed by atoms with Crippen molar-refractivity contribution in [3.05, 3.63) is 29.8 Å². The van der Waals surface area contributed by atoms with Gasteiger partial charge in [-0.2, -0.15) is 0 Å². The van der Waals surface area contributed by atoms with Gasteiger partial charge in [-0.1, -0.05) is 32.0 Å². The summed E-state index contributed by atoms with van der Waals surface area (Å²) in [5.74, 6) is 2.20. The molecule has 3 heteroatoms. The lowest BCUT2D eigenvalue weighted by molar-refractivity contribution is 0.128. The van der Waals surface area contributed by atoms with Gasteiger partial charge in [0.2, 0.25) is 0 Å². The van der Waals surface area contributed by atoms with E-state index in [1.165, 1.54) is 5.56 Å². The molecule has 1 aliphatic rings. The predicted molar refractivity (Wildman–Crippen MR) is 86.9 cm³/mol. The monoisotopic (exact) mass is 291 g/mol. The van der Waals surface area contributed by atoms with Gasteiger partial charge in [-0.05, 0) is 43.4 Å². The van der Waals surface area contributed by atoms with Crippen LogP contribution in [0.1, 0.15) is 32.3 Å². The van der Waals surface area contributed by atoms with E-state index in [0.29, 0.717) is 17.9 Å². The van der Waals surface area contributed by atoms with Crippen LogP contribution in [0.25, 0.3) is 0 Å². The van der Waals surface area contributed by atoms with Gasteiger partial charge in [0.15, 0.2) is 0 Å². The van der Waals surface area contributed by atoms with Gasteiger partial charge < -0.3 is 14.8 Å². The normalized spacial score (nSPS) is 20.4. The molecule has 0 amide bonds. The number of methoxy groups -OCH3 is 1. The average molecular weight is 291 g/mol. The average Bonchev–Trinajstić information content (AvgIpc) is 2.53. The van der Waals surface area contributed by atoms with Crippen LogP contribution in [0.2, 0.25) is 0 Å². The fourth-order valence-electron chi connectivity index (χ4n) is 3.21. The Kier molecular flexibility index (Phi) is 6.52. The molecule has 0 fully saturated rings.